The maximum absolute atomic E-state index is 12.8. The largest absolute Gasteiger partial charge is 0.472 e. The van der Waals surface area contributed by atoms with Crippen molar-refractivity contribution in [2.24, 2.45) is 0 Å². The predicted molar refractivity (Wildman–Crippen MR) is 252 cm³/mol. The normalized spacial score (nSPS) is 21.0. The van der Waals surface area contributed by atoms with Crippen molar-refractivity contribution in [2.75, 3.05) is 39.5 Å². The zero-order chi connectivity index (χ0) is 47.0. The van der Waals surface area contributed by atoms with Crippen molar-refractivity contribution in [3.63, 3.8) is 0 Å². The number of aliphatic hydroxyl groups excluding tert-OH is 3. The monoisotopic (exact) mass is 926 g/mol. The van der Waals surface area contributed by atoms with Crippen molar-refractivity contribution in [1.82, 2.24) is 5.32 Å². The van der Waals surface area contributed by atoms with Crippen molar-refractivity contribution in [1.29, 1.82) is 0 Å². The number of carbonyl (C=O) groups excluding carboxylic acids is 2. The summed E-state index contributed by atoms with van der Waals surface area (Å²) in [6.07, 6.45) is 40.5. The lowest BCUT2D eigenvalue weighted by Gasteiger charge is -2.41. The number of aliphatic hydroxyl groups is 4. The zero-order valence-electron chi connectivity index (χ0n) is 39.0. The zero-order valence-corrected chi connectivity index (χ0v) is 39.9. The van der Waals surface area contributed by atoms with Crippen LogP contribution in [0.4, 0.5) is 0 Å². The number of hydrogen-bond donors (Lipinski definition) is 6. The molecule has 0 spiro atoms. The Hall–Kier alpha value is -2.75. The van der Waals surface area contributed by atoms with Crippen LogP contribution in [0, 0.1) is 0 Å². The lowest BCUT2D eigenvalue weighted by molar-refractivity contribution is -0.317. The van der Waals surface area contributed by atoms with Gasteiger partial charge in [0.1, 0.15) is 24.9 Å². The van der Waals surface area contributed by atoms with Crippen LogP contribution in [0.1, 0.15) is 155 Å². The molecule has 0 radical (unpaired) electrons. The SMILES string of the molecule is CCCCC/C=C\C/C=C\C/C=C\C/C=C\CCCC(=O)O[C@H](COC(=O)CCCCCCC/C=C\C/C=C\CCCCC)COP(=O)(O)OCCNC[C@@]1(O)OC[C@@H](O)[C@@H](O)[C@@H]1O. The molecular weight excluding hydrogens is 842 g/mol. The van der Waals surface area contributed by atoms with Gasteiger partial charge in [0.05, 0.1) is 26.4 Å². The highest BCUT2D eigenvalue weighted by molar-refractivity contribution is 7.47. The standard InChI is InChI=1S/C49H84NO13P/c1-3-5-7-9-11-13-15-17-19-20-22-24-26-28-30-32-34-36-46(53)63-43(39-59-45(52)35-33-31-29-27-25-23-21-18-16-14-12-10-8-6-4-2)40-62-64(57,58)61-38-37-50-42-49(56)48(55)47(54)44(51)41-60-49/h11-14,17-19,21-22,24,28,30,43-44,47-48,50-51,54-56H,3-10,15-16,20,23,25-27,29,31-42H2,1-2H3,(H,57,58)/b13-11-,14-12-,19-17-,21-18-,24-22-,30-28-/t43-,44-,47-,48+,49-/m1/s1. The Balaban J connectivity index is 2.48. The van der Waals surface area contributed by atoms with Gasteiger partial charge in [-0.25, -0.2) is 4.57 Å². The fraction of sp³-hybridized carbons (Fsp3) is 0.714. The Morgan fingerprint density at radius 2 is 1.16 bits per heavy atom. The van der Waals surface area contributed by atoms with E-state index in [9.17, 15) is 39.5 Å². The predicted octanol–water partition coefficient (Wildman–Crippen LogP) is 8.93. The molecule has 1 unspecified atom stereocenters. The highest BCUT2D eigenvalue weighted by Gasteiger charge is 2.48. The van der Waals surface area contributed by atoms with E-state index in [-0.39, 0.29) is 32.6 Å². The van der Waals surface area contributed by atoms with E-state index < -0.39 is 69.7 Å². The van der Waals surface area contributed by atoms with Gasteiger partial charge in [-0.3, -0.25) is 18.6 Å². The van der Waals surface area contributed by atoms with E-state index in [0.29, 0.717) is 19.3 Å². The van der Waals surface area contributed by atoms with Gasteiger partial charge in [0, 0.05) is 19.4 Å². The Labute approximate surface area is 384 Å². The van der Waals surface area contributed by atoms with Gasteiger partial charge < -0.3 is 44.8 Å². The van der Waals surface area contributed by atoms with Crippen LogP contribution in [0.25, 0.3) is 0 Å². The smallest absolute Gasteiger partial charge is 0.462 e. The lowest BCUT2D eigenvalue weighted by atomic mass is 9.97. The number of allylic oxidation sites excluding steroid dienone is 12. The van der Waals surface area contributed by atoms with Gasteiger partial charge in [-0.2, -0.15) is 0 Å². The number of phosphoric acid groups is 1. The van der Waals surface area contributed by atoms with E-state index >= 15 is 0 Å². The molecule has 0 aromatic rings. The Morgan fingerprint density at radius 1 is 0.672 bits per heavy atom. The van der Waals surface area contributed by atoms with Gasteiger partial charge in [-0.15, -0.1) is 0 Å². The molecule has 1 fully saturated rings. The summed E-state index contributed by atoms with van der Waals surface area (Å²) in [4.78, 5) is 35.6. The number of unbranched alkanes of at least 4 members (excludes halogenated alkanes) is 12. The second kappa shape index (κ2) is 39.4. The van der Waals surface area contributed by atoms with E-state index in [1.807, 2.05) is 12.2 Å². The van der Waals surface area contributed by atoms with E-state index in [1.54, 1.807) is 0 Å². The molecule has 6 atom stereocenters. The topological polar surface area (TPSA) is 211 Å². The fourth-order valence-electron chi connectivity index (χ4n) is 6.39. The van der Waals surface area contributed by atoms with Crippen molar-refractivity contribution in [2.45, 2.75) is 185 Å². The van der Waals surface area contributed by atoms with Crippen LogP contribution in [0.2, 0.25) is 0 Å². The van der Waals surface area contributed by atoms with E-state index in [4.69, 9.17) is 23.3 Å². The third-order valence-electron chi connectivity index (χ3n) is 10.3. The third kappa shape index (κ3) is 32.8. The molecule has 0 aliphatic carbocycles. The first-order chi connectivity index (χ1) is 30.9. The molecule has 0 aromatic heterocycles. The molecule has 14 nitrogen and oxygen atoms in total. The molecule has 0 bridgehead atoms. The molecule has 1 rings (SSSR count). The highest BCUT2D eigenvalue weighted by Crippen LogP contribution is 2.43. The highest BCUT2D eigenvalue weighted by atomic mass is 31.2. The first-order valence-electron chi connectivity index (χ1n) is 23.9. The number of nitrogens with one attached hydrogen (secondary N) is 1. The van der Waals surface area contributed by atoms with Gasteiger partial charge in [-0.05, 0) is 83.5 Å². The number of phosphoric ester groups is 1. The summed E-state index contributed by atoms with van der Waals surface area (Å²) < 4.78 is 38.7. The molecule has 6 N–H and O–H groups in total. The second-order valence-electron chi connectivity index (χ2n) is 16.2. The van der Waals surface area contributed by atoms with Crippen LogP contribution in [0.15, 0.2) is 72.9 Å². The number of hydrogen-bond acceptors (Lipinski definition) is 13. The molecule has 1 aliphatic rings. The lowest BCUT2D eigenvalue weighted by Crippen LogP contribution is -2.64. The summed E-state index contributed by atoms with van der Waals surface area (Å²) in [5.41, 5.74) is 0. The molecule has 368 valence electrons. The van der Waals surface area contributed by atoms with Crippen LogP contribution in [0.3, 0.4) is 0 Å². The van der Waals surface area contributed by atoms with E-state index in [0.717, 1.165) is 70.6 Å². The van der Waals surface area contributed by atoms with Gasteiger partial charge >= 0.3 is 19.8 Å². The molecule has 1 saturated heterocycles. The number of esters is 2. The number of carbonyl (C=O) groups is 2. The van der Waals surface area contributed by atoms with Crippen LogP contribution >= 0.6 is 7.82 Å². The maximum Gasteiger partial charge on any atom is 0.472 e. The summed E-state index contributed by atoms with van der Waals surface area (Å²) in [6, 6.07) is 0. The first-order valence-corrected chi connectivity index (χ1v) is 25.4. The minimum atomic E-state index is -4.67. The van der Waals surface area contributed by atoms with Crippen molar-refractivity contribution >= 4 is 19.8 Å². The Bertz CT molecular complexity index is 1420. The molecule has 0 aromatic carbocycles. The quantitative estimate of drug-likeness (QED) is 0.0147. The van der Waals surface area contributed by atoms with E-state index in [2.05, 4.69) is 79.9 Å². The minimum Gasteiger partial charge on any atom is -0.462 e. The minimum absolute atomic E-state index is 0.0775. The molecule has 64 heavy (non-hydrogen) atoms. The van der Waals surface area contributed by atoms with Crippen molar-refractivity contribution < 1.29 is 62.7 Å². The Morgan fingerprint density at radius 3 is 1.72 bits per heavy atom. The first kappa shape index (κ1) is 59.3. The van der Waals surface area contributed by atoms with Crippen LogP contribution < -0.4 is 5.32 Å². The van der Waals surface area contributed by atoms with Crippen LogP contribution in [0.5, 0.6) is 0 Å². The van der Waals surface area contributed by atoms with Gasteiger partial charge in [0.15, 0.2) is 6.10 Å². The molecule has 1 aliphatic heterocycles. The molecule has 0 saturated carbocycles. The number of rotatable bonds is 40. The maximum atomic E-state index is 12.8. The summed E-state index contributed by atoms with van der Waals surface area (Å²) in [6.45, 7) is 2.19. The second-order valence-corrected chi connectivity index (χ2v) is 17.6. The third-order valence-corrected chi connectivity index (χ3v) is 11.3. The molecule has 15 heteroatoms. The Kier molecular flexibility index (Phi) is 36.5. The summed E-state index contributed by atoms with van der Waals surface area (Å²) in [7, 11) is -4.67. The summed E-state index contributed by atoms with van der Waals surface area (Å²) in [5.74, 6) is -3.25. The molecular formula is C49H84NO13P. The van der Waals surface area contributed by atoms with E-state index in [1.165, 1.54) is 38.5 Å². The average Bonchev–Trinajstić information content (AvgIpc) is 3.27. The molecule has 0 amide bonds. The van der Waals surface area contributed by atoms with Gasteiger partial charge in [-0.1, -0.05) is 132 Å². The van der Waals surface area contributed by atoms with Gasteiger partial charge in [0.2, 0.25) is 5.79 Å². The molecule has 1 heterocycles. The van der Waals surface area contributed by atoms with Crippen LogP contribution in [-0.2, 0) is 37.4 Å². The van der Waals surface area contributed by atoms with Crippen molar-refractivity contribution in [3.8, 4) is 0 Å². The fourth-order valence-corrected chi connectivity index (χ4v) is 7.14. The van der Waals surface area contributed by atoms with Crippen LogP contribution in [-0.4, -0.2) is 107 Å². The summed E-state index contributed by atoms with van der Waals surface area (Å²) >= 11 is 0. The average molecular weight is 926 g/mol. The van der Waals surface area contributed by atoms with Crippen molar-refractivity contribution in [3.05, 3.63) is 72.9 Å². The summed E-state index contributed by atoms with van der Waals surface area (Å²) in [5, 5.41) is 42.6. The van der Waals surface area contributed by atoms with Gasteiger partial charge in [0.25, 0.3) is 0 Å². The number of ether oxygens (including phenoxy) is 3.